The van der Waals surface area contributed by atoms with E-state index >= 15 is 0 Å². The van der Waals surface area contributed by atoms with E-state index in [-0.39, 0.29) is 24.0 Å². The molecule has 1 aliphatic heterocycles. The smallest absolute Gasteiger partial charge is 0.410 e. The van der Waals surface area contributed by atoms with Crippen LogP contribution in [0, 0.1) is 5.92 Å². The third-order valence-electron chi connectivity index (χ3n) is 4.17. The predicted molar refractivity (Wildman–Crippen MR) is 101 cm³/mol. The zero-order chi connectivity index (χ0) is 18.6. The van der Waals surface area contributed by atoms with E-state index < -0.39 is 5.60 Å². The lowest BCUT2D eigenvalue weighted by molar-refractivity contribution is -0.127. The molecule has 0 radical (unpaired) electrons. The monoisotopic (exact) mass is 410 g/mol. The molecule has 1 aliphatic rings. The number of piperidine rings is 1. The molecule has 1 fully saturated rings. The summed E-state index contributed by atoms with van der Waals surface area (Å²) in [4.78, 5) is 26.5. The molecule has 2 rings (SSSR count). The van der Waals surface area contributed by atoms with Gasteiger partial charge in [-0.3, -0.25) is 4.79 Å². The molecule has 2 atom stereocenters. The van der Waals surface area contributed by atoms with Gasteiger partial charge in [-0.1, -0.05) is 28.1 Å². The van der Waals surface area contributed by atoms with Gasteiger partial charge in [-0.15, -0.1) is 0 Å². The van der Waals surface area contributed by atoms with Crippen molar-refractivity contribution in [3.63, 3.8) is 0 Å². The molecule has 138 valence electrons. The highest BCUT2D eigenvalue weighted by Gasteiger charge is 2.31. The van der Waals surface area contributed by atoms with E-state index in [0.29, 0.717) is 13.1 Å². The van der Waals surface area contributed by atoms with Crippen molar-refractivity contribution in [3.05, 3.63) is 34.3 Å². The second-order valence-corrected chi connectivity index (χ2v) is 8.46. The minimum atomic E-state index is -0.525. The Morgan fingerprint density at radius 1 is 1.28 bits per heavy atom. The number of carbonyl (C=O) groups is 2. The van der Waals surface area contributed by atoms with Crippen molar-refractivity contribution in [2.45, 2.75) is 52.2 Å². The summed E-state index contributed by atoms with van der Waals surface area (Å²) < 4.78 is 6.43. The fourth-order valence-corrected chi connectivity index (χ4v) is 3.11. The normalized spacial score (nSPS) is 19.2. The molecule has 1 aromatic rings. The number of ether oxygens (including phenoxy) is 1. The van der Waals surface area contributed by atoms with E-state index in [1.807, 2.05) is 52.0 Å². The van der Waals surface area contributed by atoms with Crippen molar-refractivity contribution < 1.29 is 14.3 Å². The number of carbonyl (C=O) groups excluding carboxylic acids is 2. The highest BCUT2D eigenvalue weighted by Crippen LogP contribution is 2.22. The van der Waals surface area contributed by atoms with Gasteiger partial charge in [0.1, 0.15) is 5.60 Å². The van der Waals surface area contributed by atoms with Gasteiger partial charge in [-0.25, -0.2) is 4.79 Å². The summed E-state index contributed by atoms with van der Waals surface area (Å²) >= 11 is 3.41. The summed E-state index contributed by atoms with van der Waals surface area (Å²) in [6.45, 7) is 8.56. The third kappa shape index (κ3) is 6.03. The minimum Gasteiger partial charge on any atom is -0.444 e. The van der Waals surface area contributed by atoms with Gasteiger partial charge in [-0.2, -0.15) is 0 Å². The van der Waals surface area contributed by atoms with Gasteiger partial charge in [-0.05, 0) is 58.2 Å². The number of hydrogen-bond donors (Lipinski definition) is 1. The maximum atomic E-state index is 12.6. The van der Waals surface area contributed by atoms with Crippen molar-refractivity contribution in [2.24, 2.45) is 5.92 Å². The van der Waals surface area contributed by atoms with Crippen LogP contribution < -0.4 is 5.32 Å². The van der Waals surface area contributed by atoms with Gasteiger partial charge in [0.25, 0.3) is 0 Å². The first-order chi connectivity index (χ1) is 11.7. The first kappa shape index (κ1) is 19.8. The Hall–Kier alpha value is -1.56. The number of likely N-dealkylation sites (tertiary alicyclic amines) is 1. The molecule has 0 saturated carbocycles. The standard InChI is InChI=1S/C19H27BrN2O3/c1-13(14-7-9-16(20)10-8-14)21-17(23)15-6-5-11-22(12-15)18(24)25-19(2,3)4/h7-10,13,15H,5-6,11-12H2,1-4H3,(H,21,23). The first-order valence-electron chi connectivity index (χ1n) is 8.69. The molecule has 2 amide bonds. The maximum Gasteiger partial charge on any atom is 0.410 e. The molecule has 0 aromatic heterocycles. The number of rotatable bonds is 3. The Morgan fingerprint density at radius 3 is 2.52 bits per heavy atom. The average molecular weight is 411 g/mol. The van der Waals surface area contributed by atoms with Crippen molar-refractivity contribution in [1.82, 2.24) is 10.2 Å². The van der Waals surface area contributed by atoms with E-state index in [9.17, 15) is 9.59 Å². The topological polar surface area (TPSA) is 58.6 Å². The summed E-state index contributed by atoms with van der Waals surface area (Å²) in [5, 5.41) is 3.06. The highest BCUT2D eigenvalue weighted by atomic mass is 79.9. The van der Waals surface area contributed by atoms with Gasteiger partial charge < -0.3 is 15.0 Å². The van der Waals surface area contributed by atoms with E-state index in [2.05, 4.69) is 21.2 Å². The van der Waals surface area contributed by atoms with Crippen LogP contribution in [-0.2, 0) is 9.53 Å². The second kappa shape index (κ2) is 8.21. The zero-order valence-corrected chi connectivity index (χ0v) is 16.9. The molecule has 1 N–H and O–H groups in total. The quantitative estimate of drug-likeness (QED) is 0.808. The van der Waals surface area contributed by atoms with Crippen molar-refractivity contribution in [3.8, 4) is 0 Å². The fourth-order valence-electron chi connectivity index (χ4n) is 2.85. The van der Waals surface area contributed by atoms with Crippen molar-refractivity contribution in [1.29, 1.82) is 0 Å². The van der Waals surface area contributed by atoms with Crippen LogP contribution in [0.5, 0.6) is 0 Å². The highest BCUT2D eigenvalue weighted by molar-refractivity contribution is 9.10. The molecule has 0 bridgehead atoms. The summed E-state index contributed by atoms with van der Waals surface area (Å²) in [7, 11) is 0. The van der Waals surface area contributed by atoms with Gasteiger partial charge in [0.2, 0.25) is 5.91 Å². The molecule has 5 nitrogen and oxygen atoms in total. The number of benzene rings is 1. The van der Waals surface area contributed by atoms with E-state index in [1.165, 1.54) is 0 Å². The molecule has 1 aromatic carbocycles. The minimum absolute atomic E-state index is 0.0105. The van der Waals surface area contributed by atoms with Crippen LogP contribution in [0.25, 0.3) is 0 Å². The first-order valence-corrected chi connectivity index (χ1v) is 9.49. The predicted octanol–water partition coefficient (Wildman–Crippen LogP) is 4.27. The fraction of sp³-hybridized carbons (Fsp3) is 0.579. The van der Waals surface area contributed by atoms with Crippen molar-refractivity contribution >= 4 is 27.9 Å². The van der Waals surface area contributed by atoms with Gasteiger partial charge in [0.15, 0.2) is 0 Å². The zero-order valence-electron chi connectivity index (χ0n) is 15.3. The van der Waals surface area contributed by atoms with E-state index in [1.54, 1.807) is 4.90 Å². The molecule has 0 spiro atoms. The Morgan fingerprint density at radius 2 is 1.92 bits per heavy atom. The molecule has 0 aliphatic carbocycles. The maximum absolute atomic E-state index is 12.6. The lowest BCUT2D eigenvalue weighted by Crippen LogP contribution is -2.47. The SMILES string of the molecule is CC(NC(=O)C1CCCN(C(=O)OC(C)(C)C)C1)c1ccc(Br)cc1. The van der Waals surface area contributed by atoms with Crippen LogP contribution in [0.15, 0.2) is 28.7 Å². The Balaban J connectivity index is 1.92. The summed E-state index contributed by atoms with van der Waals surface area (Å²) in [5.74, 6) is -0.206. The molecule has 2 unspecified atom stereocenters. The Kier molecular flexibility index (Phi) is 6.49. The van der Waals surface area contributed by atoms with Gasteiger partial charge in [0, 0.05) is 17.6 Å². The molecular weight excluding hydrogens is 384 g/mol. The average Bonchev–Trinajstić information content (AvgIpc) is 2.54. The molecular formula is C19H27BrN2O3. The summed E-state index contributed by atoms with van der Waals surface area (Å²) in [6, 6.07) is 7.83. The number of nitrogens with zero attached hydrogens (tertiary/aromatic N) is 1. The summed E-state index contributed by atoms with van der Waals surface area (Å²) in [5.41, 5.74) is 0.527. The molecule has 25 heavy (non-hydrogen) atoms. The largest absolute Gasteiger partial charge is 0.444 e. The lowest BCUT2D eigenvalue weighted by atomic mass is 9.96. The number of nitrogens with one attached hydrogen (secondary N) is 1. The lowest BCUT2D eigenvalue weighted by Gasteiger charge is -2.34. The van der Waals surface area contributed by atoms with Gasteiger partial charge >= 0.3 is 6.09 Å². The van der Waals surface area contributed by atoms with Crippen LogP contribution in [0.1, 0.15) is 52.1 Å². The van der Waals surface area contributed by atoms with E-state index in [0.717, 1.165) is 22.9 Å². The number of hydrogen-bond acceptors (Lipinski definition) is 3. The Bertz CT molecular complexity index is 610. The van der Waals surface area contributed by atoms with Crippen LogP contribution in [-0.4, -0.2) is 35.6 Å². The third-order valence-corrected chi connectivity index (χ3v) is 4.70. The number of amides is 2. The van der Waals surface area contributed by atoms with Crippen LogP contribution in [0.4, 0.5) is 4.79 Å². The summed E-state index contributed by atoms with van der Waals surface area (Å²) in [6.07, 6.45) is 1.26. The van der Waals surface area contributed by atoms with Gasteiger partial charge in [0.05, 0.1) is 12.0 Å². The molecule has 1 heterocycles. The molecule has 1 saturated heterocycles. The van der Waals surface area contributed by atoms with Crippen LogP contribution >= 0.6 is 15.9 Å². The van der Waals surface area contributed by atoms with Crippen LogP contribution in [0.2, 0.25) is 0 Å². The van der Waals surface area contributed by atoms with E-state index in [4.69, 9.17) is 4.74 Å². The van der Waals surface area contributed by atoms with Crippen LogP contribution in [0.3, 0.4) is 0 Å². The Labute approximate surface area is 158 Å². The number of halogens is 1. The molecule has 6 heteroatoms. The second-order valence-electron chi connectivity index (χ2n) is 7.55. The van der Waals surface area contributed by atoms with Crippen molar-refractivity contribution in [2.75, 3.05) is 13.1 Å².